The van der Waals surface area contributed by atoms with Gasteiger partial charge < -0.3 is 15.3 Å². The molecule has 0 aliphatic heterocycles. The van der Waals surface area contributed by atoms with E-state index < -0.39 is 0 Å². The summed E-state index contributed by atoms with van der Waals surface area (Å²) in [5.41, 5.74) is 2.45. The molecule has 0 aromatic carbocycles. The van der Waals surface area contributed by atoms with E-state index in [1.807, 2.05) is 6.20 Å². The number of rotatable bonds is 8. The fraction of sp³-hybridized carbons (Fsp3) is 0.706. The third-order valence-corrected chi connectivity index (χ3v) is 4.24. The van der Waals surface area contributed by atoms with Crippen molar-refractivity contribution in [3.05, 3.63) is 23.4 Å². The Morgan fingerprint density at radius 3 is 2.76 bits per heavy atom. The minimum atomic E-state index is 0.192. The summed E-state index contributed by atoms with van der Waals surface area (Å²) < 4.78 is 0. The summed E-state index contributed by atoms with van der Waals surface area (Å²) in [5.74, 6) is 1.05. The van der Waals surface area contributed by atoms with Crippen LogP contribution in [0.1, 0.15) is 50.2 Å². The highest BCUT2D eigenvalue weighted by Crippen LogP contribution is 2.28. The van der Waals surface area contributed by atoms with Gasteiger partial charge in [0.2, 0.25) is 0 Å². The van der Waals surface area contributed by atoms with E-state index in [0.29, 0.717) is 12.6 Å². The molecule has 0 bridgehead atoms. The number of nitrogens with zero attached hydrogens (tertiary/aromatic N) is 2. The highest BCUT2D eigenvalue weighted by atomic mass is 16.3. The summed E-state index contributed by atoms with van der Waals surface area (Å²) >= 11 is 0. The van der Waals surface area contributed by atoms with Crippen molar-refractivity contribution < 1.29 is 5.11 Å². The van der Waals surface area contributed by atoms with Crippen LogP contribution < -0.4 is 10.2 Å². The lowest BCUT2D eigenvalue weighted by molar-refractivity contribution is 0.296. The van der Waals surface area contributed by atoms with Crippen LogP contribution in [-0.2, 0) is 6.54 Å². The largest absolute Gasteiger partial charge is 0.395 e. The highest BCUT2D eigenvalue weighted by Gasteiger charge is 2.24. The number of aliphatic hydroxyl groups excluding tert-OH is 1. The van der Waals surface area contributed by atoms with Gasteiger partial charge in [-0.2, -0.15) is 0 Å². The van der Waals surface area contributed by atoms with E-state index >= 15 is 0 Å². The number of hydrogen-bond acceptors (Lipinski definition) is 4. The Kier molecular flexibility index (Phi) is 6.46. The molecule has 1 aliphatic rings. The van der Waals surface area contributed by atoms with Crippen LogP contribution in [0.4, 0.5) is 5.82 Å². The predicted molar refractivity (Wildman–Crippen MR) is 87.7 cm³/mol. The third-order valence-electron chi connectivity index (χ3n) is 4.24. The maximum atomic E-state index is 9.37. The molecular weight excluding hydrogens is 262 g/mol. The number of anilines is 1. The Balaban J connectivity index is 2.09. The number of aromatic nitrogens is 1. The summed E-state index contributed by atoms with van der Waals surface area (Å²) in [5, 5.41) is 12.8. The van der Waals surface area contributed by atoms with Crippen LogP contribution in [0.5, 0.6) is 0 Å². The van der Waals surface area contributed by atoms with E-state index in [2.05, 4.69) is 30.1 Å². The Morgan fingerprint density at radius 1 is 1.38 bits per heavy atom. The Bertz CT molecular complexity index is 430. The number of aliphatic hydroxyl groups is 1. The van der Waals surface area contributed by atoms with Gasteiger partial charge in [0.1, 0.15) is 5.82 Å². The third kappa shape index (κ3) is 4.42. The fourth-order valence-electron chi connectivity index (χ4n) is 3.22. The van der Waals surface area contributed by atoms with Crippen molar-refractivity contribution in [2.24, 2.45) is 0 Å². The molecule has 21 heavy (non-hydrogen) atoms. The zero-order chi connectivity index (χ0) is 15.1. The second-order valence-corrected chi connectivity index (χ2v) is 6.02. The van der Waals surface area contributed by atoms with E-state index in [0.717, 1.165) is 25.3 Å². The van der Waals surface area contributed by atoms with Gasteiger partial charge in [0.05, 0.1) is 6.61 Å². The molecule has 0 spiro atoms. The molecule has 1 aliphatic carbocycles. The number of hydrogen-bond donors (Lipinski definition) is 2. The van der Waals surface area contributed by atoms with E-state index in [9.17, 15) is 5.11 Å². The SMILES string of the molecule is CCCNCc1cnc(N(CCO)C2CCCC2)c(C)c1. The van der Waals surface area contributed by atoms with Gasteiger partial charge in [-0.15, -0.1) is 0 Å². The molecule has 2 rings (SSSR count). The molecular formula is C17H29N3O. The van der Waals surface area contributed by atoms with Gasteiger partial charge in [-0.1, -0.05) is 19.8 Å². The van der Waals surface area contributed by atoms with Gasteiger partial charge >= 0.3 is 0 Å². The van der Waals surface area contributed by atoms with Crippen LogP contribution in [0, 0.1) is 6.92 Å². The minimum Gasteiger partial charge on any atom is -0.395 e. The van der Waals surface area contributed by atoms with Crippen molar-refractivity contribution in [1.82, 2.24) is 10.3 Å². The quantitative estimate of drug-likeness (QED) is 0.723. The van der Waals surface area contributed by atoms with E-state index in [-0.39, 0.29) is 6.61 Å². The van der Waals surface area contributed by atoms with Crippen molar-refractivity contribution in [2.45, 2.75) is 58.5 Å². The molecule has 1 fully saturated rings. The molecule has 1 aromatic heterocycles. The van der Waals surface area contributed by atoms with Gasteiger partial charge in [-0.3, -0.25) is 0 Å². The van der Waals surface area contributed by atoms with Crippen molar-refractivity contribution in [1.29, 1.82) is 0 Å². The minimum absolute atomic E-state index is 0.192. The number of pyridine rings is 1. The van der Waals surface area contributed by atoms with Gasteiger partial charge in [0.25, 0.3) is 0 Å². The predicted octanol–water partition coefficient (Wildman–Crippen LogP) is 2.63. The first kappa shape index (κ1) is 16.2. The average molecular weight is 291 g/mol. The van der Waals surface area contributed by atoms with Crippen LogP contribution in [0.15, 0.2) is 12.3 Å². The van der Waals surface area contributed by atoms with Crippen LogP contribution in [-0.4, -0.2) is 35.8 Å². The zero-order valence-corrected chi connectivity index (χ0v) is 13.4. The van der Waals surface area contributed by atoms with Gasteiger partial charge in [-0.25, -0.2) is 4.98 Å². The topological polar surface area (TPSA) is 48.4 Å². The normalized spacial score (nSPS) is 15.6. The van der Waals surface area contributed by atoms with Crippen LogP contribution in [0.3, 0.4) is 0 Å². The average Bonchev–Trinajstić information content (AvgIpc) is 3.00. The number of nitrogens with one attached hydrogen (secondary N) is 1. The molecule has 0 atom stereocenters. The number of aryl methyl sites for hydroxylation is 1. The molecule has 0 amide bonds. The molecule has 1 saturated carbocycles. The maximum absolute atomic E-state index is 9.37. The second kappa shape index (κ2) is 8.35. The van der Waals surface area contributed by atoms with E-state index in [1.54, 1.807) is 0 Å². The van der Waals surface area contributed by atoms with Gasteiger partial charge in [0, 0.05) is 25.3 Å². The van der Waals surface area contributed by atoms with Gasteiger partial charge in [0.15, 0.2) is 0 Å². The zero-order valence-electron chi connectivity index (χ0n) is 13.4. The molecule has 1 aromatic rings. The van der Waals surface area contributed by atoms with E-state index in [4.69, 9.17) is 4.98 Å². The Labute approximate surface area is 128 Å². The smallest absolute Gasteiger partial charge is 0.131 e. The first-order valence-electron chi connectivity index (χ1n) is 8.30. The first-order valence-corrected chi connectivity index (χ1v) is 8.30. The molecule has 4 nitrogen and oxygen atoms in total. The highest BCUT2D eigenvalue weighted by molar-refractivity contribution is 5.48. The second-order valence-electron chi connectivity index (χ2n) is 6.02. The molecule has 4 heteroatoms. The fourth-order valence-corrected chi connectivity index (χ4v) is 3.22. The Hall–Kier alpha value is -1.13. The standard InChI is InChI=1S/C17H29N3O/c1-3-8-18-12-15-11-14(2)17(19-13-15)20(9-10-21)16-6-4-5-7-16/h11,13,16,18,21H,3-10,12H2,1-2H3. The maximum Gasteiger partial charge on any atom is 0.131 e. The summed E-state index contributed by atoms with van der Waals surface area (Å²) in [6.07, 6.45) is 8.16. The molecule has 0 unspecified atom stereocenters. The van der Waals surface area contributed by atoms with E-state index in [1.165, 1.54) is 36.8 Å². The lowest BCUT2D eigenvalue weighted by Gasteiger charge is -2.30. The lowest BCUT2D eigenvalue weighted by atomic mass is 10.1. The monoisotopic (exact) mass is 291 g/mol. The summed E-state index contributed by atoms with van der Waals surface area (Å²) in [6.45, 7) is 7.10. The molecule has 0 radical (unpaired) electrons. The van der Waals surface area contributed by atoms with Crippen molar-refractivity contribution >= 4 is 5.82 Å². The van der Waals surface area contributed by atoms with Crippen LogP contribution >= 0.6 is 0 Å². The molecule has 118 valence electrons. The van der Waals surface area contributed by atoms with Crippen molar-refractivity contribution in [3.8, 4) is 0 Å². The molecule has 2 N–H and O–H groups in total. The Morgan fingerprint density at radius 2 is 2.14 bits per heavy atom. The molecule has 0 saturated heterocycles. The summed E-state index contributed by atoms with van der Waals surface area (Å²) in [7, 11) is 0. The first-order chi connectivity index (χ1) is 10.3. The van der Waals surface area contributed by atoms with Gasteiger partial charge in [-0.05, 0) is 49.9 Å². The molecule has 1 heterocycles. The van der Waals surface area contributed by atoms with Crippen molar-refractivity contribution in [3.63, 3.8) is 0 Å². The summed E-state index contributed by atoms with van der Waals surface area (Å²) in [6, 6.07) is 2.78. The van der Waals surface area contributed by atoms with Crippen molar-refractivity contribution in [2.75, 3.05) is 24.6 Å². The summed E-state index contributed by atoms with van der Waals surface area (Å²) in [4.78, 5) is 7.01. The van der Waals surface area contributed by atoms with Crippen LogP contribution in [0.25, 0.3) is 0 Å². The van der Waals surface area contributed by atoms with Crippen LogP contribution in [0.2, 0.25) is 0 Å². The lowest BCUT2D eigenvalue weighted by Crippen LogP contribution is -2.36.